The number of hydrogen-bond acceptors (Lipinski definition) is 4. The first-order chi connectivity index (χ1) is 7.20. The Labute approximate surface area is 85.7 Å². The zero-order chi connectivity index (χ0) is 10.8. The Hall–Kier alpha value is -1.59. The Morgan fingerprint density at radius 2 is 2.40 bits per heavy atom. The molecule has 15 heavy (non-hydrogen) atoms. The molecule has 0 aliphatic heterocycles. The van der Waals surface area contributed by atoms with Crippen molar-refractivity contribution in [1.82, 2.24) is 10.3 Å². The fourth-order valence-electron chi connectivity index (χ4n) is 1.48. The number of aliphatic hydroxyl groups is 1. The lowest BCUT2D eigenvalue weighted by atomic mass is 10.1. The van der Waals surface area contributed by atoms with Gasteiger partial charge in [-0.2, -0.15) is 0 Å². The summed E-state index contributed by atoms with van der Waals surface area (Å²) in [5.41, 5.74) is 1.83. The fraction of sp³-hybridized carbons (Fsp3) is 0.300. The Morgan fingerprint density at radius 3 is 3.13 bits per heavy atom. The van der Waals surface area contributed by atoms with E-state index in [-0.39, 0.29) is 0 Å². The van der Waals surface area contributed by atoms with Gasteiger partial charge in [-0.15, -0.1) is 0 Å². The van der Waals surface area contributed by atoms with Gasteiger partial charge in [0.15, 0.2) is 5.58 Å². The van der Waals surface area contributed by atoms with Gasteiger partial charge in [-0.1, -0.05) is 6.07 Å². The van der Waals surface area contributed by atoms with Crippen LogP contribution in [0.5, 0.6) is 0 Å². The Kier molecular flexibility index (Phi) is 2.57. The van der Waals surface area contributed by atoms with E-state index < -0.39 is 11.9 Å². The van der Waals surface area contributed by atoms with Crippen molar-refractivity contribution >= 4 is 11.1 Å². The lowest BCUT2D eigenvalue weighted by molar-refractivity contribution is 0.178. The summed E-state index contributed by atoms with van der Waals surface area (Å²) in [4.78, 5) is 13.4. The summed E-state index contributed by atoms with van der Waals surface area (Å²) in [6, 6.07) is 5.14. The predicted octanol–water partition coefficient (Wildman–Crippen LogP) is 0.374. The second kappa shape index (κ2) is 3.88. The predicted molar refractivity (Wildman–Crippen MR) is 55.7 cm³/mol. The van der Waals surface area contributed by atoms with Crippen molar-refractivity contribution in [2.45, 2.75) is 6.10 Å². The van der Waals surface area contributed by atoms with Crippen molar-refractivity contribution in [3.05, 3.63) is 34.3 Å². The highest BCUT2D eigenvalue weighted by atomic mass is 16.4. The summed E-state index contributed by atoms with van der Waals surface area (Å²) in [5, 5.41) is 12.6. The van der Waals surface area contributed by atoms with Gasteiger partial charge in [-0.3, -0.25) is 4.98 Å². The molecule has 0 spiro atoms. The molecule has 0 aliphatic carbocycles. The molecule has 1 unspecified atom stereocenters. The first-order valence-electron chi connectivity index (χ1n) is 4.66. The van der Waals surface area contributed by atoms with Crippen molar-refractivity contribution in [3.8, 4) is 0 Å². The lowest BCUT2D eigenvalue weighted by Crippen LogP contribution is -2.16. The van der Waals surface area contributed by atoms with Crippen LogP contribution in [0.15, 0.2) is 27.4 Å². The van der Waals surface area contributed by atoms with Gasteiger partial charge in [-0.05, 0) is 24.7 Å². The minimum atomic E-state index is -0.598. The first kappa shape index (κ1) is 9.95. The van der Waals surface area contributed by atoms with E-state index in [0.29, 0.717) is 17.6 Å². The molecule has 2 aromatic rings. The smallest absolute Gasteiger partial charge is 0.408 e. The van der Waals surface area contributed by atoms with E-state index in [0.717, 1.165) is 5.56 Å². The van der Waals surface area contributed by atoms with Crippen LogP contribution in [0.25, 0.3) is 11.1 Å². The van der Waals surface area contributed by atoms with E-state index >= 15 is 0 Å². The molecule has 0 radical (unpaired) electrons. The molecular weight excluding hydrogens is 196 g/mol. The molecule has 0 aliphatic rings. The Balaban J connectivity index is 2.41. The third kappa shape index (κ3) is 1.93. The number of hydrogen-bond donors (Lipinski definition) is 3. The molecular formula is C10H12N2O3. The molecule has 1 heterocycles. The maximum atomic E-state index is 10.9. The summed E-state index contributed by atoms with van der Waals surface area (Å²) in [7, 11) is 1.76. The van der Waals surface area contributed by atoms with Crippen LogP contribution in [0.2, 0.25) is 0 Å². The molecule has 1 aromatic heterocycles. The average molecular weight is 208 g/mol. The number of fused-ring (bicyclic) bond motifs is 1. The summed E-state index contributed by atoms with van der Waals surface area (Å²) in [6.45, 7) is 0.458. The monoisotopic (exact) mass is 208 g/mol. The van der Waals surface area contributed by atoms with Crippen molar-refractivity contribution in [1.29, 1.82) is 0 Å². The van der Waals surface area contributed by atoms with E-state index in [1.165, 1.54) is 0 Å². The van der Waals surface area contributed by atoms with E-state index in [4.69, 9.17) is 4.42 Å². The lowest BCUT2D eigenvalue weighted by Gasteiger charge is -2.09. The van der Waals surface area contributed by atoms with Gasteiger partial charge in [0.05, 0.1) is 11.6 Å². The molecule has 1 aromatic carbocycles. The number of aromatic amines is 1. The van der Waals surface area contributed by atoms with Gasteiger partial charge in [0, 0.05) is 6.54 Å². The third-order valence-electron chi connectivity index (χ3n) is 2.23. The zero-order valence-corrected chi connectivity index (χ0v) is 8.28. The number of benzene rings is 1. The molecule has 5 nitrogen and oxygen atoms in total. The van der Waals surface area contributed by atoms with Gasteiger partial charge in [0.2, 0.25) is 0 Å². The zero-order valence-electron chi connectivity index (χ0n) is 8.28. The second-order valence-electron chi connectivity index (χ2n) is 3.34. The van der Waals surface area contributed by atoms with E-state index in [1.807, 2.05) is 0 Å². The molecule has 3 N–H and O–H groups in total. The van der Waals surface area contributed by atoms with Crippen molar-refractivity contribution in [3.63, 3.8) is 0 Å². The Bertz CT molecular complexity index is 515. The normalized spacial score (nSPS) is 13.2. The van der Waals surface area contributed by atoms with E-state index in [9.17, 15) is 9.90 Å². The summed E-state index contributed by atoms with van der Waals surface area (Å²) in [5.74, 6) is -0.481. The highest BCUT2D eigenvalue weighted by molar-refractivity contribution is 5.72. The van der Waals surface area contributed by atoms with Crippen LogP contribution in [0.3, 0.4) is 0 Å². The number of likely N-dealkylation sites (N-methyl/N-ethyl adjacent to an activating group) is 1. The third-order valence-corrected chi connectivity index (χ3v) is 2.23. The minimum Gasteiger partial charge on any atom is -0.408 e. The van der Waals surface area contributed by atoms with Crippen LogP contribution < -0.4 is 11.1 Å². The summed E-state index contributed by atoms with van der Waals surface area (Å²) >= 11 is 0. The molecule has 5 heteroatoms. The summed E-state index contributed by atoms with van der Waals surface area (Å²) < 4.78 is 4.89. The van der Waals surface area contributed by atoms with Crippen LogP contribution in [0.1, 0.15) is 11.7 Å². The van der Waals surface area contributed by atoms with Crippen molar-refractivity contribution in [2.24, 2.45) is 0 Å². The van der Waals surface area contributed by atoms with Gasteiger partial charge in [-0.25, -0.2) is 4.79 Å². The SMILES string of the molecule is CNCC(O)c1ccc2[nH]c(=O)oc2c1. The maximum absolute atomic E-state index is 10.9. The largest absolute Gasteiger partial charge is 0.417 e. The van der Waals surface area contributed by atoms with E-state index in [1.54, 1.807) is 25.2 Å². The summed E-state index contributed by atoms with van der Waals surface area (Å²) in [6.07, 6.45) is -0.598. The number of H-pyrrole nitrogens is 1. The Morgan fingerprint density at radius 1 is 1.60 bits per heavy atom. The highest BCUT2D eigenvalue weighted by Gasteiger charge is 2.08. The quantitative estimate of drug-likeness (QED) is 0.681. The van der Waals surface area contributed by atoms with Crippen molar-refractivity contribution < 1.29 is 9.52 Å². The molecule has 0 saturated heterocycles. The second-order valence-corrected chi connectivity index (χ2v) is 3.34. The van der Waals surface area contributed by atoms with Crippen LogP contribution in [0.4, 0.5) is 0 Å². The van der Waals surface area contributed by atoms with Gasteiger partial charge in [0.1, 0.15) is 0 Å². The highest BCUT2D eigenvalue weighted by Crippen LogP contribution is 2.17. The molecule has 80 valence electrons. The van der Waals surface area contributed by atoms with Gasteiger partial charge < -0.3 is 14.8 Å². The number of aromatic nitrogens is 1. The molecule has 1 atom stereocenters. The molecule has 0 saturated carbocycles. The first-order valence-corrected chi connectivity index (χ1v) is 4.66. The minimum absolute atomic E-state index is 0.458. The number of nitrogens with one attached hydrogen (secondary N) is 2. The fourth-order valence-corrected chi connectivity index (χ4v) is 1.48. The van der Waals surface area contributed by atoms with Crippen LogP contribution in [-0.4, -0.2) is 23.7 Å². The van der Waals surface area contributed by atoms with Crippen LogP contribution in [-0.2, 0) is 0 Å². The van der Waals surface area contributed by atoms with Crippen LogP contribution >= 0.6 is 0 Å². The molecule has 0 amide bonds. The van der Waals surface area contributed by atoms with Gasteiger partial charge in [0.25, 0.3) is 0 Å². The molecule has 0 fully saturated rings. The topological polar surface area (TPSA) is 78.3 Å². The molecule has 0 bridgehead atoms. The average Bonchev–Trinajstić information content (AvgIpc) is 2.57. The van der Waals surface area contributed by atoms with Crippen LogP contribution in [0, 0.1) is 0 Å². The number of rotatable bonds is 3. The van der Waals surface area contributed by atoms with E-state index in [2.05, 4.69) is 10.3 Å². The maximum Gasteiger partial charge on any atom is 0.417 e. The standard InChI is InChI=1S/C10H12N2O3/c1-11-5-8(13)6-2-3-7-9(4-6)15-10(14)12-7/h2-4,8,11,13H,5H2,1H3,(H,12,14). The van der Waals surface area contributed by atoms with Crippen molar-refractivity contribution in [2.75, 3.05) is 13.6 Å². The molecule has 2 rings (SSSR count). The number of aliphatic hydroxyl groups excluding tert-OH is 1. The van der Waals surface area contributed by atoms with Gasteiger partial charge >= 0.3 is 5.76 Å². The number of oxazole rings is 1.